The zero-order chi connectivity index (χ0) is 13.3. The van der Waals surface area contributed by atoms with E-state index in [4.69, 9.17) is 5.73 Å². The molecule has 1 saturated heterocycles. The van der Waals surface area contributed by atoms with E-state index in [0.717, 1.165) is 24.1 Å². The Hall–Kier alpha value is -1.35. The van der Waals surface area contributed by atoms with Gasteiger partial charge in [0.2, 0.25) is 0 Å². The number of benzene rings is 1. The summed E-state index contributed by atoms with van der Waals surface area (Å²) in [5.41, 5.74) is 8.96. The van der Waals surface area contributed by atoms with Gasteiger partial charge in [-0.1, -0.05) is 13.0 Å². The summed E-state index contributed by atoms with van der Waals surface area (Å²) in [5.74, 6) is 0.628. The lowest BCUT2D eigenvalue weighted by atomic mass is 10.0. The largest absolute Gasteiger partial charge is 0.334 e. The first-order chi connectivity index (χ1) is 8.54. The molecule has 2 N–H and O–H groups in total. The summed E-state index contributed by atoms with van der Waals surface area (Å²) in [7, 11) is 0. The number of rotatable bonds is 2. The Bertz CT molecular complexity index is 456. The zero-order valence-corrected chi connectivity index (χ0v) is 11.4. The van der Waals surface area contributed by atoms with Crippen molar-refractivity contribution in [3.8, 4) is 0 Å². The van der Waals surface area contributed by atoms with Crippen LogP contribution in [0.25, 0.3) is 0 Å². The van der Waals surface area contributed by atoms with Crippen molar-refractivity contribution < 1.29 is 4.79 Å². The summed E-state index contributed by atoms with van der Waals surface area (Å²) in [6, 6.07) is 6.11. The van der Waals surface area contributed by atoms with Gasteiger partial charge >= 0.3 is 0 Å². The van der Waals surface area contributed by atoms with E-state index >= 15 is 0 Å². The van der Waals surface area contributed by atoms with Gasteiger partial charge in [0.15, 0.2) is 0 Å². The molecule has 2 unspecified atom stereocenters. The fraction of sp³-hybridized carbons (Fsp3) is 0.533. The summed E-state index contributed by atoms with van der Waals surface area (Å²) in [6.07, 6.45) is 1.05. The SMILES string of the molecule is Cc1ccc(C(=O)N2CCC(C)C2CN)cc1C. The van der Waals surface area contributed by atoms with Crippen LogP contribution in [0, 0.1) is 19.8 Å². The molecule has 0 spiro atoms. The molecular weight excluding hydrogens is 224 g/mol. The maximum Gasteiger partial charge on any atom is 0.254 e. The highest BCUT2D eigenvalue weighted by Crippen LogP contribution is 2.25. The van der Waals surface area contributed by atoms with E-state index in [9.17, 15) is 4.79 Å². The third kappa shape index (κ3) is 2.27. The van der Waals surface area contributed by atoms with Crippen LogP contribution in [0.5, 0.6) is 0 Å². The van der Waals surface area contributed by atoms with Crippen LogP contribution in [0.3, 0.4) is 0 Å². The third-order valence-corrected chi connectivity index (χ3v) is 4.14. The molecule has 1 aromatic carbocycles. The summed E-state index contributed by atoms with van der Waals surface area (Å²) in [6.45, 7) is 7.65. The first-order valence-electron chi connectivity index (χ1n) is 6.63. The zero-order valence-electron chi connectivity index (χ0n) is 11.4. The van der Waals surface area contributed by atoms with Gasteiger partial charge in [-0.15, -0.1) is 0 Å². The molecule has 98 valence electrons. The van der Waals surface area contributed by atoms with Gasteiger partial charge in [-0.05, 0) is 49.4 Å². The number of aryl methyl sites for hydroxylation is 2. The highest BCUT2D eigenvalue weighted by Gasteiger charge is 2.33. The van der Waals surface area contributed by atoms with Crippen molar-refractivity contribution in [3.63, 3.8) is 0 Å². The number of nitrogens with zero attached hydrogens (tertiary/aromatic N) is 1. The maximum atomic E-state index is 12.5. The minimum absolute atomic E-state index is 0.123. The molecule has 0 aromatic heterocycles. The molecule has 0 radical (unpaired) electrons. The number of amides is 1. The third-order valence-electron chi connectivity index (χ3n) is 4.14. The molecule has 2 atom stereocenters. The minimum atomic E-state index is 0.123. The molecule has 1 aliphatic heterocycles. The van der Waals surface area contributed by atoms with Crippen LogP contribution in [-0.4, -0.2) is 29.9 Å². The van der Waals surface area contributed by atoms with Gasteiger partial charge in [-0.2, -0.15) is 0 Å². The number of hydrogen-bond donors (Lipinski definition) is 1. The van der Waals surface area contributed by atoms with Gasteiger partial charge in [-0.25, -0.2) is 0 Å². The molecule has 3 heteroatoms. The van der Waals surface area contributed by atoms with Gasteiger partial charge in [0.05, 0.1) is 0 Å². The first kappa shape index (κ1) is 13.1. The maximum absolute atomic E-state index is 12.5. The lowest BCUT2D eigenvalue weighted by molar-refractivity contribution is 0.0727. The molecule has 1 aliphatic rings. The van der Waals surface area contributed by atoms with Gasteiger partial charge in [0, 0.05) is 24.7 Å². The molecule has 0 bridgehead atoms. The summed E-state index contributed by atoms with van der Waals surface area (Å²) in [5, 5.41) is 0. The second-order valence-electron chi connectivity index (χ2n) is 5.37. The van der Waals surface area contributed by atoms with Crippen molar-refractivity contribution in [2.24, 2.45) is 11.7 Å². The van der Waals surface area contributed by atoms with Crippen molar-refractivity contribution in [1.82, 2.24) is 4.90 Å². The van der Waals surface area contributed by atoms with E-state index in [-0.39, 0.29) is 11.9 Å². The van der Waals surface area contributed by atoms with Crippen LogP contribution in [0.15, 0.2) is 18.2 Å². The average molecular weight is 246 g/mol. The molecule has 1 fully saturated rings. The molecule has 3 nitrogen and oxygen atoms in total. The highest BCUT2D eigenvalue weighted by molar-refractivity contribution is 5.95. The molecule has 1 amide bonds. The van der Waals surface area contributed by atoms with Gasteiger partial charge in [0.1, 0.15) is 0 Å². The number of likely N-dealkylation sites (tertiary alicyclic amines) is 1. The second kappa shape index (κ2) is 5.11. The number of hydrogen-bond acceptors (Lipinski definition) is 2. The average Bonchev–Trinajstić information content (AvgIpc) is 2.73. The second-order valence-corrected chi connectivity index (χ2v) is 5.37. The van der Waals surface area contributed by atoms with Gasteiger partial charge in [-0.3, -0.25) is 4.79 Å². The normalized spacial score (nSPS) is 23.4. The van der Waals surface area contributed by atoms with E-state index < -0.39 is 0 Å². The Labute approximate surface area is 109 Å². The van der Waals surface area contributed by atoms with Crippen LogP contribution in [-0.2, 0) is 0 Å². The molecule has 18 heavy (non-hydrogen) atoms. The van der Waals surface area contributed by atoms with Crippen LogP contribution < -0.4 is 5.73 Å². The Balaban J connectivity index is 2.23. The van der Waals surface area contributed by atoms with Crippen molar-refractivity contribution >= 4 is 5.91 Å². The predicted molar refractivity (Wildman–Crippen MR) is 73.6 cm³/mol. The summed E-state index contributed by atoms with van der Waals surface area (Å²) >= 11 is 0. The molecule has 0 aliphatic carbocycles. The monoisotopic (exact) mass is 246 g/mol. The number of carbonyl (C=O) groups is 1. The fourth-order valence-corrected chi connectivity index (χ4v) is 2.66. The van der Waals surface area contributed by atoms with Crippen molar-refractivity contribution in [1.29, 1.82) is 0 Å². The van der Waals surface area contributed by atoms with Crippen LogP contribution in [0.2, 0.25) is 0 Å². The van der Waals surface area contributed by atoms with Crippen molar-refractivity contribution in [3.05, 3.63) is 34.9 Å². The predicted octanol–water partition coefficient (Wildman–Crippen LogP) is 2.11. The molecule has 1 heterocycles. The lowest BCUT2D eigenvalue weighted by Gasteiger charge is -2.26. The van der Waals surface area contributed by atoms with E-state index in [0.29, 0.717) is 12.5 Å². The smallest absolute Gasteiger partial charge is 0.254 e. The summed E-state index contributed by atoms with van der Waals surface area (Å²) < 4.78 is 0. The van der Waals surface area contributed by atoms with E-state index in [1.54, 1.807) is 0 Å². The van der Waals surface area contributed by atoms with Crippen LogP contribution in [0.1, 0.15) is 34.8 Å². The quantitative estimate of drug-likeness (QED) is 0.868. The minimum Gasteiger partial charge on any atom is -0.334 e. The highest BCUT2D eigenvalue weighted by atomic mass is 16.2. The van der Waals surface area contributed by atoms with Crippen LogP contribution in [0.4, 0.5) is 0 Å². The van der Waals surface area contributed by atoms with Gasteiger partial charge < -0.3 is 10.6 Å². The van der Waals surface area contributed by atoms with Gasteiger partial charge in [0.25, 0.3) is 5.91 Å². The Kier molecular flexibility index (Phi) is 3.71. The standard InChI is InChI=1S/C15H22N2O/c1-10-4-5-13(8-12(10)3)15(18)17-7-6-11(2)14(17)9-16/h4-5,8,11,14H,6-7,9,16H2,1-3H3. The molecule has 1 aromatic rings. The van der Waals surface area contributed by atoms with Crippen molar-refractivity contribution in [2.75, 3.05) is 13.1 Å². The Morgan fingerprint density at radius 1 is 1.39 bits per heavy atom. The number of nitrogens with two attached hydrogens (primary N) is 1. The van der Waals surface area contributed by atoms with Crippen LogP contribution >= 0.6 is 0 Å². The van der Waals surface area contributed by atoms with E-state index in [2.05, 4.69) is 13.8 Å². The van der Waals surface area contributed by atoms with Crippen molar-refractivity contribution in [2.45, 2.75) is 33.2 Å². The Morgan fingerprint density at radius 3 is 2.72 bits per heavy atom. The van der Waals surface area contributed by atoms with E-state index in [1.807, 2.05) is 30.0 Å². The first-order valence-corrected chi connectivity index (χ1v) is 6.63. The lowest BCUT2D eigenvalue weighted by Crippen LogP contribution is -2.42. The fourth-order valence-electron chi connectivity index (χ4n) is 2.66. The topological polar surface area (TPSA) is 46.3 Å². The van der Waals surface area contributed by atoms with E-state index in [1.165, 1.54) is 5.56 Å². The summed E-state index contributed by atoms with van der Waals surface area (Å²) in [4.78, 5) is 14.4. The molecular formula is C15H22N2O. The molecule has 0 saturated carbocycles. The number of carbonyl (C=O) groups excluding carboxylic acids is 1. The molecule has 2 rings (SSSR count). The Morgan fingerprint density at radius 2 is 2.11 bits per heavy atom.